The van der Waals surface area contributed by atoms with Gasteiger partial charge in [0.15, 0.2) is 0 Å². The molecule has 0 atom stereocenters. The molecule has 6 heavy (non-hydrogen) atoms. The Labute approximate surface area is 45.1 Å². The first-order chi connectivity index (χ1) is 2.93. The molecule has 0 aliphatic carbocycles. The molecule has 0 aromatic heterocycles. The molecule has 0 bridgehead atoms. The fraction of sp³-hybridized carbons (Fsp3) is 1.00. The van der Waals surface area contributed by atoms with Crippen LogP contribution in [0.4, 0.5) is 0 Å². The predicted octanol–water partition coefficient (Wildman–Crippen LogP) is 1.40. The van der Waals surface area contributed by atoms with Crippen LogP contribution in [0.15, 0.2) is 0 Å². The van der Waals surface area contributed by atoms with Gasteiger partial charge in [0.05, 0.1) is 8.80 Å². The maximum Gasteiger partial charge on any atom is 0.0540 e. The largest absolute Gasteiger partial charge is 0.131 e. The highest BCUT2D eigenvalue weighted by Gasteiger charge is 2.16. The molecule has 36 valence electrons. The van der Waals surface area contributed by atoms with Crippen molar-refractivity contribution in [1.82, 2.24) is 0 Å². The molecule has 2 heteroatoms. The summed E-state index contributed by atoms with van der Waals surface area (Å²) in [5.41, 5.74) is 1.03. The van der Waals surface area contributed by atoms with Gasteiger partial charge < -0.3 is 0 Å². The van der Waals surface area contributed by atoms with Crippen molar-refractivity contribution in [3.05, 3.63) is 0 Å². The van der Waals surface area contributed by atoms with Crippen molar-refractivity contribution in [2.24, 2.45) is 0 Å². The lowest BCUT2D eigenvalue weighted by Crippen LogP contribution is -2.23. The van der Waals surface area contributed by atoms with Crippen LogP contribution in [-0.4, -0.2) is 14.3 Å². The lowest BCUT2D eigenvalue weighted by atomic mass is 10.5. The van der Waals surface area contributed by atoms with E-state index < -0.39 is 0 Å². The standard InChI is InChI=1S/C4H9ClSi/c5-4-6-2-1-3-6/h6H,1-4H2. The maximum absolute atomic E-state index is 5.57. The monoisotopic (exact) mass is 120 g/mol. The van der Waals surface area contributed by atoms with Gasteiger partial charge in [0.25, 0.3) is 0 Å². The third-order valence-electron chi connectivity index (χ3n) is 1.44. The summed E-state index contributed by atoms with van der Waals surface area (Å²) in [7, 11) is -0.215. The van der Waals surface area contributed by atoms with E-state index in [0.717, 1.165) is 5.50 Å². The highest BCUT2D eigenvalue weighted by atomic mass is 35.5. The van der Waals surface area contributed by atoms with E-state index in [1.165, 1.54) is 18.5 Å². The number of alkyl halides is 1. The van der Waals surface area contributed by atoms with Gasteiger partial charge in [-0.15, -0.1) is 11.6 Å². The first-order valence-electron chi connectivity index (χ1n) is 2.49. The van der Waals surface area contributed by atoms with E-state index in [2.05, 4.69) is 0 Å². The quantitative estimate of drug-likeness (QED) is 0.363. The molecule has 1 heterocycles. The topological polar surface area (TPSA) is 0 Å². The first kappa shape index (κ1) is 4.66. The average molecular weight is 121 g/mol. The van der Waals surface area contributed by atoms with Crippen molar-refractivity contribution in [1.29, 1.82) is 0 Å². The minimum Gasteiger partial charge on any atom is -0.131 e. The van der Waals surface area contributed by atoms with E-state index in [1.54, 1.807) is 0 Å². The van der Waals surface area contributed by atoms with Crippen LogP contribution in [0.1, 0.15) is 6.42 Å². The van der Waals surface area contributed by atoms with Crippen LogP contribution < -0.4 is 0 Å². The molecule has 0 unspecified atom stereocenters. The van der Waals surface area contributed by atoms with Crippen molar-refractivity contribution in [3.8, 4) is 0 Å². The fourth-order valence-corrected chi connectivity index (χ4v) is 2.87. The molecule has 0 amide bonds. The highest BCUT2D eigenvalue weighted by Crippen LogP contribution is 2.20. The van der Waals surface area contributed by atoms with Crippen LogP contribution in [0.5, 0.6) is 0 Å². The molecule has 1 aliphatic rings. The van der Waals surface area contributed by atoms with Gasteiger partial charge in [-0.05, 0) is 0 Å². The number of hydrogen-bond acceptors (Lipinski definition) is 0. The fourth-order valence-electron chi connectivity index (χ4n) is 0.647. The molecule has 0 nitrogen and oxygen atoms in total. The van der Waals surface area contributed by atoms with Gasteiger partial charge >= 0.3 is 0 Å². The second-order valence-electron chi connectivity index (χ2n) is 1.95. The normalized spacial score (nSPS) is 23.5. The van der Waals surface area contributed by atoms with Gasteiger partial charge in [0, 0.05) is 5.50 Å². The summed E-state index contributed by atoms with van der Waals surface area (Å²) >= 11 is 5.57. The predicted molar refractivity (Wildman–Crippen MR) is 32.1 cm³/mol. The molecule has 0 saturated carbocycles. The molecular weight excluding hydrogens is 112 g/mol. The molecule has 1 rings (SSSR count). The zero-order valence-corrected chi connectivity index (χ0v) is 5.69. The van der Waals surface area contributed by atoms with Crippen molar-refractivity contribution in [3.63, 3.8) is 0 Å². The molecule has 1 aliphatic heterocycles. The molecule has 0 radical (unpaired) electrons. The van der Waals surface area contributed by atoms with Crippen molar-refractivity contribution < 1.29 is 0 Å². The molecular formula is C4H9ClSi. The molecule has 0 aromatic rings. The van der Waals surface area contributed by atoms with E-state index in [1.807, 2.05) is 0 Å². The Bertz CT molecular complexity index is 40.1. The maximum atomic E-state index is 5.57. The lowest BCUT2D eigenvalue weighted by molar-refractivity contribution is 0.939. The lowest BCUT2D eigenvalue weighted by Gasteiger charge is -2.19. The summed E-state index contributed by atoms with van der Waals surface area (Å²) in [5, 5.41) is 0. The second-order valence-corrected chi connectivity index (χ2v) is 6.07. The van der Waals surface area contributed by atoms with Gasteiger partial charge in [-0.1, -0.05) is 18.5 Å². The molecule has 0 N–H and O–H groups in total. The summed E-state index contributed by atoms with van der Waals surface area (Å²) in [5.74, 6) is 0. The Hall–Kier alpha value is 0.507. The Morgan fingerprint density at radius 2 is 2.17 bits per heavy atom. The van der Waals surface area contributed by atoms with Crippen molar-refractivity contribution in [2.45, 2.75) is 18.5 Å². The van der Waals surface area contributed by atoms with E-state index in [-0.39, 0.29) is 8.80 Å². The molecule has 0 spiro atoms. The van der Waals surface area contributed by atoms with Gasteiger partial charge in [0.2, 0.25) is 0 Å². The Balaban J connectivity index is 2.01. The van der Waals surface area contributed by atoms with E-state index >= 15 is 0 Å². The van der Waals surface area contributed by atoms with Crippen LogP contribution in [-0.2, 0) is 0 Å². The summed E-state index contributed by atoms with van der Waals surface area (Å²) in [6.45, 7) is 0. The Morgan fingerprint density at radius 3 is 2.17 bits per heavy atom. The number of halogens is 1. The number of hydrogen-bond donors (Lipinski definition) is 0. The van der Waals surface area contributed by atoms with Crippen LogP contribution in [0.2, 0.25) is 12.1 Å². The van der Waals surface area contributed by atoms with Crippen molar-refractivity contribution in [2.75, 3.05) is 5.50 Å². The van der Waals surface area contributed by atoms with Crippen LogP contribution in [0.3, 0.4) is 0 Å². The molecule has 1 saturated heterocycles. The third kappa shape index (κ3) is 0.766. The summed E-state index contributed by atoms with van der Waals surface area (Å²) in [4.78, 5) is 0. The molecule has 1 fully saturated rings. The van der Waals surface area contributed by atoms with Crippen molar-refractivity contribution >= 4 is 20.4 Å². The summed E-state index contributed by atoms with van der Waals surface area (Å²) in [6.07, 6.45) is 1.48. The third-order valence-corrected chi connectivity index (χ3v) is 5.64. The summed E-state index contributed by atoms with van der Waals surface area (Å²) in [6, 6.07) is 3.03. The zero-order valence-electron chi connectivity index (χ0n) is 3.78. The van der Waals surface area contributed by atoms with Crippen LogP contribution >= 0.6 is 11.6 Å². The molecule has 0 aromatic carbocycles. The van der Waals surface area contributed by atoms with E-state index in [4.69, 9.17) is 11.6 Å². The minimum absolute atomic E-state index is 0.215. The first-order valence-corrected chi connectivity index (χ1v) is 5.48. The zero-order chi connectivity index (χ0) is 4.41. The van der Waals surface area contributed by atoms with Gasteiger partial charge in [0.1, 0.15) is 0 Å². The Morgan fingerprint density at radius 1 is 1.50 bits per heavy atom. The summed E-state index contributed by atoms with van der Waals surface area (Å²) < 4.78 is 0. The minimum atomic E-state index is -0.215. The highest BCUT2D eigenvalue weighted by molar-refractivity contribution is 6.69. The smallest absolute Gasteiger partial charge is 0.0540 e. The van der Waals surface area contributed by atoms with E-state index in [0.29, 0.717) is 0 Å². The SMILES string of the molecule is ClC[SiH]1CCC1. The van der Waals surface area contributed by atoms with Gasteiger partial charge in [-0.25, -0.2) is 0 Å². The van der Waals surface area contributed by atoms with Gasteiger partial charge in [-0.2, -0.15) is 0 Å². The second kappa shape index (κ2) is 1.98. The van der Waals surface area contributed by atoms with Gasteiger partial charge in [-0.3, -0.25) is 0 Å². The van der Waals surface area contributed by atoms with Crippen LogP contribution in [0.25, 0.3) is 0 Å². The van der Waals surface area contributed by atoms with Crippen LogP contribution in [0, 0.1) is 0 Å². The Kier molecular flexibility index (Phi) is 1.54. The average Bonchev–Trinajstić information content (AvgIpc) is 1.31. The number of rotatable bonds is 1. The van der Waals surface area contributed by atoms with E-state index in [9.17, 15) is 0 Å².